The molecule has 0 saturated heterocycles. The summed E-state index contributed by atoms with van der Waals surface area (Å²) in [5, 5.41) is 7.81. The highest BCUT2D eigenvalue weighted by molar-refractivity contribution is 6.23. The summed E-state index contributed by atoms with van der Waals surface area (Å²) in [7, 11) is 0. The number of hydrogen-bond donors (Lipinski definition) is 0. The molecule has 212 valence electrons. The standard InChI is InChI=1S/C43H30N2/c1-43(2)36-17-9-6-14-29(36)32-22-21-31-33(42(32)43)23-25-40-41(31)34-16-8-11-19-38(34)45(40)28-20-24-39-35(26-28)30-15-7-10-18-37(30)44(39)27-12-4-3-5-13-27/h3-26H,1-2H3. The number of aromatic nitrogens is 2. The Labute approximate surface area is 261 Å². The van der Waals surface area contributed by atoms with E-state index in [1.165, 1.54) is 88.0 Å². The number of para-hydroxylation sites is 3. The minimum absolute atomic E-state index is 0.0600. The quantitative estimate of drug-likeness (QED) is 0.194. The second-order valence-corrected chi connectivity index (χ2v) is 13.0. The summed E-state index contributed by atoms with van der Waals surface area (Å²) in [4.78, 5) is 0. The summed E-state index contributed by atoms with van der Waals surface area (Å²) in [6, 6.07) is 53.7. The van der Waals surface area contributed by atoms with Gasteiger partial charge in [-0.05, 0) is 81.6 Å². The molecule has 0 unspecified atom stereocenters. The molecule has 0 spiro atoms. The van der Waals surface area contributed by atoms with Gasteiger partial charge in [-0.3, -0.25) is 0 Å². The van der Waals surface area contributed by atoms with Gasteiger partial charge in [-0.2, -0.15) is 0 Å². The maximum absolute atomic E-state index is 2.46. The van der Waals surface area contributed by atoms with Crippen molar-refractivity contribution in [2.45, 2.75) is 19.3 Å². The third-order valence-corrected chi connectivity index (χ3v) is 10.3. The Morgan fingerprint density at radius 1 is 0.400 bits per heavy atom. The average molecular weight is 575 g/mol. The third-order valence-electron chi connectivity index (χ3n) is 10.3. The molecule has 2 nitrogen and oxygen atoms in total. The van der Waals surface area contributed by atoms with Crippen molar-refractivity contribution in [3.63, 3.8) is 0 Å². The molecule has 1 aliphatic carbocycles. The van der Waals surface area contributed by atoms with E-state index in [-0.39, 0.29) is 5.41 Å². The van der Waals surface area contributed by atoms with E-state index in [0.717, 1.165) is 0 Å². The molecule has 0 fully saturated rings. The molecule has 0 bridgehead atoms. The molecule has 7 aromatic carbocycles. The van der Waals surface area contributed by atoms with Crippen molar-refractivity contribution in [3.05, 3.63) is 157 Å². The van der Waals surface area contributed by atoms with E-state index >= 15 is 0 Å². The monoisotopic (exact) mass is 574 g/mol. The average Bonchev–Trinajstić information content (AvgIpc) is 3.68. The smallest absolute Gasteiger partial charge is 0.0547 e. The van der Waals surface area contributed by atoms with Crippen LogP contribution in [-0.4, -0.2) is 9.13 Å². The highest BCUT2D eigenvalue weighted by atomic mass is 15.0. The van der Waals surface area contributed by atoms with Gasteiger partial charge in [0.05, 0.1) is 22.1 Å². The number of benzene rings is 7. The molecule has 0 N–H and O–H groups in total. The Morgan fingerprint density at radius 2 is 1.02 bits per heavy atom. The first-order chi connectivity index (χ1) is 22.1. The summed E-state index contributed by atoms with van der Waals surface area (Å²) in [5.41, 5.74) is 12.8. The second-order valence-electron chi connectivity index (χ2n) is 13.0. The highest BCUT2D eigenvalue weighted by Gasteiger charge is 2.36. The van der Waals surface area contributed by atoms with Crippen molar-refractivity contribution < 1.29 is 0 Å². The number of fused-ring (bicyclic) bond motifs is 12. The molecule has 0 atom stereocenters. The van der Waals surface area contributed by atoms with Gasteiger partial charge in [-0.1, -0.05) is 111 Å². The fraction of sp³-hybridized carbons (Fsp3) is 0.0698. The van der Waals surface area contributed by atoms with E-state index < -0.39 is 0 Å². The first-order valence-corrected chi connectivity index (χ1v) is 15.8. The fourth-order valence-corrected chi connectivity index (χ4v) is 8.40. The van der Waals surface area contributed by atoms with E-state index in [4.69, 9.17) is 0 Å². The van der Waals surface area contributed by atoms with Crippen LogP contribution in [0.2, 0.25) is 0 Å². The van der Waals surface area contributed by atoms with Gasteiger partial charge in [0.1, 0.15) is 0 Å². The van der Waals surface area contributed by atoms with Crippen molar-refractivity contribution in [1.29, 1.82) is 0 Å². The lowest BCUT2D eigenvalue weighted by Gasteiger charge is -2.23. The van der Waals surface area contributed by atoms with Gasteiger partial charge in [0, 0.05) is 38.3 Å². The molecule has 0 aliphatic heterocycles. The van der Waals surface area contributed by atoms with Crippen molar-refractivity contribution in [3.8, 4) is 22.5 Å². The lowest BCUT2D eigenvalue weighted by atomic mass is 9.80. The first kappa shape index (κ1) is 24.8. The van der Waals surface area contributed by atoms with E-state index in [0.29, 0.717) is 0 Å². The minimum atomic E-state index is -0.0600. The zero-order valence-electron chi connectivity index (χ0n) is 25.3. The van der Waals surface area contributed by atoms with Gasteiger partial charge in [-0.25, -0.2) is 0 Å². The molecule has 1 aliphatic rings. The van der Waals surface area contributed by atoms with Crippen LogP contribution in [0.1, 0.15) is 25.0 Å². The fourth-order valence-electron chi connectivity index (χ4n) is 8.40. The molecule has 0 saturated carbocycles. The van der Waals surface area contributed by atoms with Crippen LogP contribution in [-0.2, 0) is 5.41 Å². The highest BCUT2D eigenvalue weighted by Crippen LogP contribution is 2.52. The van der Waals surface area contributed by atoms with Gasteiger partial charge in [0.15, 0.2) is 0 Å². The van der Waals surface area contributed by atoms with Gasteiger partial charge in [-0.15, -0.1) is 0 Å². The molecule has 9 aromatic rings. The van der Waals surface area contributed by atoms with E-state index in [1.807, 2.05) is 0 Å². The third kappa shape index (κ3) is 3.18. The predicted molar refractivity (Wildman–Crippen MR) is 190 cm³/mol. The maximum atomic E-state index is 2.46. The Bertz CT molecular complexity index is 2670. The van der Waals surface area contributed by atoms with Crippen LogP contribution in [0, 0.1) is 0 Å². The summed E-state index contributed by atoms with van der Waals surface area (Å²) in [6.45, 7) is 4.76. The van der Waals surface area contributed by atoms with Crippen molar-refractivity contribution in [2.24, 2.45) is 0 Å². The van der Waals surface area contributed by atoms with Gasteiger partial charge < -0.3 is 9.13 Å². The van der Waals surface area contributed by atoms with E-state index in [9.17, 15) is 0 Å². The van der Waals surface area contributed by atoms with Crippen LogP contribution in [0.3, 0.4) is 0 Å². The van der Waals surface area contributed by atoms with Crippen molar-refractivity contribution in [1.82, 2.24) is 9.13 Å². The summed E-state index contributed by atoms with van der Waals surface area (Å²) < 4.78 is 4.85. The van der Waals surface area contributed by atoms with E-state index in [1.54, 1.807) is 0 Å². The normalized spacial score (nSPS) is 13.7. The second kappa shape index (κ2) is 8.74. The molecular formula is C43H30N2. The van der Waals surface area contributed by atoms with Gasteiger partial charge in [0.25, 0.3) is 0 Å². The van der Waals surface area contributed by atoms with E-state index in [2.05, 4.69) is 169 Å². The Kier molecular flexibility index (Phi) is 4.82. The molecule has 45 heavy (non-hydrogen) atoms. The Balaban J connectivity index is 1.28. The number of nitrogens with zero attached hydrogens (tertiary/aromatic N) is 2. The maximum Gasteiger partial charge on any atom is 0.0547 e. The molecule has 10 rings (SSSR count). The predicted octanol–water partition coefficient (Wildman–Crippen LogP) is 11.3. The van der Waals surface area contributed by atoms with Crippen LogP contribution in [0.5, 0.6) is 0 Å². The van der Waals surface area contributed by atoms with Crippen LogP contribution in [0.15, 0.2) is 146 Å². The zero-order chi connectivity index (χ0) is 29.9. The van der Waals surface area contributed by atoms with Crippen LogP contribution in [0.25, 0.3) is 76.9 Å². The van der Waals surface area contributed by atoms with Crippen molar-refractivity contribution >= 4 is 54.4 Å². The lowest BCUT2D eigenvalue weighted by Crippen LogP contribution is -2.15. The van der Waals surface area contributed by atoms with Crippen LogP contribution < -0.4 is 0 Å². The largest absolute Gasteiger partial charge is 0.309 e. The number of rotatable bonds is 2. The van der Waals surface area contributed by atoms with Crippen LogP contribution >= 0.6 is 0 Å². The zero-order valence-corrected chi connectivity index (χ0v) is 25.3. The topological polar surface area (TPSA) is 9.86 Å². The van der Waals surface area contributed by atoms with Crippen LogP contribution in [0.4, 0.5) is 0 Å². The minimum Gasteiger partial charge on any atom is -0.309 e. The SMILES string of the molecule is CC1(C)c2ccccc2-c2ccc3c(ccc4c3c3ccccc3n4-c3ccc4c(c3)c3ccccc3n4-c3ccccc3)c21. The Hall–Kier alpha value is -5.60. The summed E-state index contributed by atoms with van der Waals surface area (Å²) in [5.74, 6) is 0. The molecular weight excluding hydrogens is 544 g/mol. The lowest BCUT2D eigenvalue weighted by molar-refractivity contribution is 0.666. The summed E-state index contributed by atoms with van der Waals surface area (Å²) >= 11 is 0. The molecule has 2 heteroatoms. The van der Waals surface area contributed by atoms with Gasteiger partial charge >= 0.3 is 0 Å². The number of hydrogen-bond acceptors (Lipinski definition) is 0. The van der Waals surface area contributed by atoms with Gasteiger partial charge in [0.2, 0.25) is 0 Å². The molecule has 2 heterocycles. The molecule has 0 amide bonds. The molecule has 0 radical (unpaired) electrons. The summed E-state index contributed by atoms with van der Waals surface area (Å²) in [6.07, 6.45) is 0. The molecule has 2 aromatic heterocycles. The van der Waals surface area contributed by atoms with Crippen molar-refractivity contribution in [2.75, 3.05) is 0 Å². The Morgan fingerprint density at radius 3 is 1.87 bits per heavy atom. The first-order valence-electron chi connectivity index (χ1n) is 15.8.